The second-order valence-corrected chi connectivity index (χ2v) is 5.37. The second-order valence-electron chi connectivity index (χ2n) is 5.37. The molecule has 4 heteroatoms. The number of benzene rings is 1. The Morgan fingerprint density at radius 1 is 1.37 bits per heavy atom. The number of carbonyl (C=O) groups is 2. The zero-order chi connectivity index (χ0) is 14.2. The highest BCUT2D eigenvalue weighted by Gasteiger charge is 2.42. The minimum absolute atomic E-state index is 0.0957. The van der Waals surface area contributed by atoms with Crippen LogP contribution in [-0.2, 0) is 4.79 Å². The number of likely N-dealkylation sites (tertiary alicyclic amines) is 1. The molecule has 0 N–H and O–H groups in total. The van der Waals surface area contributed by atoms with Gasteiger partial charge in [-0.25, -0.2) is 0 Å². The van der Waals surface area contributed by atoms with Crippen molar-refractivity contribution in [3.8, 4) is 5.75 Å². The Hall–Kier alpha value is -1.84. The number of rotatable bonds is 2. The maximum absolute atomic E-state index is 12.5. The number of aryl methyl sites for hydroxylation is 1. The van der Waals surface area contributed by atoms with Gasteiger partial charge in [0.05, 0.1) is 12.6 Å². The number of amides is 1. The van der Waals surface area contributed by atoms with Gasteiger partial charge in [-0.05, 0) is 44.5 Å². The van der Waals surface area contributed by atoms with Gasteiger partial charge in [-0.1, -0.05) is 0 Å². The molecular formula is C15H19NO3. The van der Waals surface area contributed by atoms with Crippen molar-refractivity contribution in [1.82, 2.24) is 4.90 Å². The first-order valence-corrected chi connectivity index (χ1v) is 6.38. The summed E-state index contributed by atoms with van der Waals surface area (Å²) in [6.45, 7) is 6.00. The van der Waals surface area contributed by atoms with Crippen LogP contribution in [0.4, 0.5) is 0 Å². The van der Waals surface area contributed by atoms with Crippen molar-refractivity contribution < 1.29 is 14.3 Å². The van der Waals surface area contributed by atoms with Crippen molar-refractivity contribution in [2.45, 2.75) is 32.7 Å². The molecule has 1 heterocycles. The molecule has 1 aliphatic rings. The van der Waals surface area contributed by atoms with E-state index in [0.29, 0.717) is 18.5 Å². The fraction of sp³-hybridized carbons (Fsp3) is 0.467. The van der Waals surface area contributed by atoms with Crippen LogP contribution in [0.3, 0.4) is 0 Å². The summed E-state index contributed by atoms with van der Waals surface area (Å²) in [7, 11) is 1.60. The Morgan fingerprint density at radius 2 is 2.05 bits per heavy atom. The zero-order valence-corrected chi connectivity index (χ0v) is 11.8. The summed E-state index contributed by atoms with van der Waals surface area (Å²) in [4.78, 5) is 25.9. The first-order valence-electron chi connectivity index (χ1n) is 6.38. The van der Waals surface area contributed by atoms with Gasteiger partial charge < -0.3 is 9.64 Å². The fourth-order valence-electron chi connectivity index (χ4n) is 2.47. The minimum atomic E-state index is -0.703. The van der Waals surface area contributed by atoms with Gasteiger partial charge in [0.1, 0.15) is 5.75 Å². The molecule has 1 aromatic carbocycles. The predicted molar refractivity (Wildman–Crippen MR) is 72.5 cm³/mol. The molecule has 0 aliphatic carbocycles. The van der Waals surface area contributed by atoms with Gasteiger partial charge in [0.25, 0.3) is 5.91 Å². The maximum atomic E-state index is 12.5. The first kappa shape index (κ1) is 13.6. The van der Waals surface area contributed by atoms with Crippen molar-refractivity contribution in [2.75, 3.05) is 13.7 Å². The van der Waals surface area contributed by atoms with Gasteiger partial charge in [-0.2, -0.15) is 0 Å². The number of hydrogen-bond acceptors (Lipinski definition) is 3. The smallest absolute Gasteiger partial charge is 0.254 e. The van der Waals surface area contributed by atoms with Crippen LogP contribution in [0.15, 0.2) is 18.2 Å². The molecule has 1 fully saturated rings. The molecule has 1 saturated heterocycles. The highest BCUT2D eigenvalue weighted by Crippen LogP contribution is 2.28. The molecule has 1 aliphatic heterocycles. The van der Waals surface area contributed by atoms with Crippen molar-refractivity contribution in [3.63, 3.8) is 0 Å². The molecule has 0 spiro atoms. The van der Waals surface area contributed by atoms with Crippen molar-refractivity contribution >= 4 is 11.7 Å². The number of ether oxygens (including phenoxy) is 1. The van der Waals surface area contributed by atoms with E-state index in [9.17, 15) is 9.59 Å². The van der Waals surface area contributed by atoms with Crippen molar-refractivity contribution in [3.05, 3.63) is 29.3 Å². The summed E-state index contributed by atoms with van der Waals surface area (Å²) >= 11 is 0. The average molecular weight is 261 g/mol. The lowest BCUT2D eigenvalue weighted by molar-refractivity contribution is -0.123. The lowest BCUT2D eigenvalue weighted by atomic mass is 9.99. The molecule has 1 aromatic rings. The Morgan fingerprint density at radius 3 is 2.53 bits per heavy atom. The van der Waals surface area contributed by atoms with Crippen LogP contribution in [0.5, 0.6) is 5.75 Å². The molecule has 2 rings (SSSR count). The van der Waals surface area contributed by atoms with Gasteiger partial charge in [0.2, 0.25) is 0 Å². The number of carbonyl (C=O) groups excluding carboxylic acids is 2. The summed E-state index contributed by atoms with van der Waals surface area (Å²) in [6.07, 6.45) is 0.438. The monoisotopic (exact) mass is 261 g/mol. The van der Waals surface area contributed by atoms with E-state index in [0.717, 1.165) is 11.3 Å². The fourth-order valence-corrected chi connectivity index (χ4v) is 2.47. The van der Waals surface area contributed by atoms with Gasteiger partial charge >= 0.3 is 0 Å². The zero-order valence-electron chi connectivity index (χ0n) is 11.8. The number of nitrogens with zero attached hydrogens (tertiary/aromatic N) is 1. The van der Waals surface area contributed by atoms with Crippen molar-refractivity contribution in [2.24, 2.45) is 0 Å². The molecule has 4 nitrogen and oxygen atoms in total. The highest BCUT2D eigenvalue weighted by atomic mass is 16.5. The summed E-state index contributed by atoms with van der Waals surface area (Å²) in [5.74, 6) is 0.779. The van der Waals surface area contributed by atoms with E-state index in [4.69, 9.17) is 4.74 Å². The molecule has 0 unspecified atom stereocenters. The lowest BCUT2D eigenvalue weighted by Crippen LogP contribution is -2.46. The van der Waals surface area contributed by atoms with E-state index < -0.39 is 5.54 Å². The van der Waals surface area contributed by atoms with Gasteiger partial charge in [0.15, 0.2) is 5.78 Å². The molecule has 0 radical (unpaired) electrons. The molecule has 102 valence electrons. The summed E-state index contributed by atoms with van der Waals surface area (Å²) < 4.78 is 5.18. The van der Waals surface area contributed by atoms with E-state index in [1.165, 1.54) is 0 Å². The summed E-state index contributed by atoms with van der Waals surface area (Å²) in [6, 6.07) is 5.33. The Balaban J connectivity index is 2.30. The standard InChI is InChI=1S/C15H19NO3/c1-10-9-11(5-6-12(10)19-4)14(18)16-8-7-13(17)15(16,2)3/h5-6,9H,7-8H2,1-4H3. The lowest BCUT2D eigenvalue weighted by Gasteiger charge is -2.30. The molecule has 0 bridgehead atoms. The van der Waals surface area contributed by atoms with Crippen LogP contribution in [-0.4, -0.2) is 35.8 Å². The number of Topliss-reactive ketones (excluding diaryl/α,β-unsaturated/α-hetero) is 1. The molecule has 0 atom stereocenters. The Labute approximate surface area is 113 Å². The number of methoxy groups -OCH3 is 1. The van der Waals surface area contributed by atoms with Crippen LogP contribution in [0.1, 0.15) is 36.2 Å². The Bertz CT molecular complexity index is 534. The number of ketones is 1. The SMILES string of the molecule is COc1ccc(C(=O)N2CCC(=O)C2(C)C)cc1C. The van der Waals surface area contributed by atoms with E-state index >= 15 is 0 Å². The van der Waals surface area contributed by atoms with E-state index in [1.807, 2.05) is 6.92 Å². The summed E-state index contributed by atoms with van der Waals surface area (Å²) in [5, 5.41) is 0. The largest absolute Gasteiger partial charge is 0.496 e. The van der Waals surface area contributed by atoms with Crippen LogP contribution in [0.25, 0.3) is 0 Å². The van der Waals surface area contributed by atoms with E-state index in [1.54, 1.807) is 44.1 Å². The van der Waals surface area contributed by atoms with E-state index in [2.05, 4.69) is 0 Å². The average Bonchev–Trinajstić information content (AvgIpc) is 2.63. The Kier molecular flexibility index (Phi) is 3.35. The van der Waals surface area contributed by atoms with Crippen molar-refractivity contribution in [1.29, 1.82) is 0 Å². The molecule has 1 amide bonds. The molecule has 0 saturated carbocycles. The third kappa shape index (κ3) is 2.23. The molecule has 19 heavy (non-hydrogen) atoms. The maximum Gasteiger partial charge on any atom is 0.254 e. The van der Waals surface area contributed by atoms with Gasteiger partial charge in [0, 0.05) is 18.5 Å². The highest BCUT2D eigenvalue weighted by molar-refractivity contribution is 6.01. The molecule has 0 aromatic heterocycles. The second kappa shape index (κ2) is 4.68. The topological polar surface area (TPSA) is 46.6 Å². The normalized spacial score (nSPS) is 17.7. The van der Waals surface area contributed by atoms with Gasteiger partial charge in [-0.15, -0.1) is 0 Å². The van der Waals surface area contributed by atoms with Crippen LogP contribution >= 0.6 is 0 Å². The predicted octanol–water partition coefficient (Wildman–Crippen LogP) is 2.20. The van der Waals surface area contributed by atoms with Crippen LogP contribution in [0.2, 0.25) is 0 Å². The number of hydrogen-bond donors (Lipinski definition) is 0. The minimum Gasteiger partial charge on any atom is -0.496 e. The van der Waals surface area contributed by atoms with Crippen LogP contribution < -0.4 is 4.74 Å². The quantitative estimate of drug-likeness (QED) is 0.820. The first-order chi connectivity index (χ1) is 8.87. The van der Waals surface area contributed by atoms with Gasteiger partial charge in [-0.3, -0.25) is 9.59 Å². The molecular weight excluding hydrogens is 242 g/mol. The third-order valence-corrected chi connectivity index (χ3v) is 3.81. The third-order valence-electron chi connectivity index (χ3n) is 3.81. The van der Waals surface area contributed by atoms with E-state index in [-0.39, 0.29) is 11.7 Å². The summed E-state index contributed by atoms with van der Waals surface area (Å²) in [5.41, 5.74) is 0.808. The van der Waals surface area contributed by atoms with Crippen LogP contribution in [0, 0.1) is 6.92 Å².